The fourth-order valence-corrected chi connectivity index (χ4v) is 3.12. The predicted molar refractivity (Wildman–Crippen MR) is 75.8 cm³/mol. The maximum absolute atomic E-state index is 12.0. The van der Waals surface area contributed by atoms with Crippen molar-refractivity contribution < 1.29 is 4.79 Å². The highest BCUT2D eigenvalue weighted by atomic mass is 79.9. The van der Waals surface area contributed by atoms with Gasteiger partial charge in [-0.15, -0.1) is 11.3 Å². The van der Waals surface area contributed by atoms with E-state index in [0.29, 0.717) is 12.1 Å². The molecular weight excluding hydrogens is 314 g/mol. The van der Waals surface area contributed by atoms with Crippen molar-refractivity contribution in [3.8, 4) is 0 Å². The number of hydrogen-bond donors (Lipinski definition) is 1. The molecule has 2 aromatic rings. The third kappa shape index (κ3) is 3.00. The van der Waals surface area contributed by atoms with Crippen molar-refractivity contribution in [3.63, 3.8) is 0 Å². The van der Waals surface area contributed by atoms with Gasteiger partial charge in [0, 0.05) is 18.1 Å². The van der Waals surface area contributed by atoms with Crippen LogP contribution >= 0.6 is 27.3 Å². The van der Waals surface area contributed by atoms with Crippen molar-refractivity contribution in [1.82, 2.24) is 15.1 Å². The van der Waals surface area contributed by atoms with Crippen LogP contribution in [0, 0.1) is 0 Å². The molecule has 0 bridgehead atoms. The number of amides is 1. The summed E-state index contributed by atoms with van der Waals surface area (Å²) in [5, 5.41) is 7.17. The van der Waals surface area contributed by atoms with Crippen LogP contribution in [0.5, 0.6) is 0 Å². The number of nitrogens with one attached hydrogen (secondary N) is 1. The molecular formula is C12H14BrN3OS. The Morgan fingerprint density at radius 1 is 1.56 bits per heavy atom. The van der Waals surface area contributed by atoms with E-state index in [1.807, 2.05) is 26.1 Å². The molecule has 0 spiro atoms. The first-order valence-electron chi connectivity index (χ1n) is 5.65. The largest absolute Gasteiger partial charge is 0.347 e. The molecule has 4 nitrogen and oxygen atoms in total. The van der Waals surface area contributed by atoms with Gasteiger partial charge in [0.15, 0.2) is 0 Å². The Hall–Kier alpha value is -1.14. The lowest BCUT2D eigenvalue weighted by Crippen LogP contribution is -2.22. The zero-order valence-electron chi connectivity index (χ0n) is 10.2. The Bertz CT molecular complexity index is 561. The molecule has 0 aliphatic carbocycles. The summed E-state index contributed by atoms with van der Waals surface area (Å²) in [5.41, 5.74) is 1.50. The number of aryl methyl sites for hydroxylation is 2. The van der Waals surface area contributed by atoms with Crippen LogP contribution in [-0.4, -0.2) is 15.7 Å². The zero-order valence-corrected chi connectivity index (χ0v) is 12.6. The molecule has 0 aliphatic heterocycles. The molecule has 0 aliphatic rings. The monoisotopic (exact) mass is 327 g/mol. The first-order valence-corrected chi connectivity index (χ1v) is 7.26. The molecule has 0 fully saturated rings. The number of thiophene rings is 1. The molecule has 0 atom stereocenters. The number of nitrogens with zero attached hydrogens (tertiary/aromatic N) is 2. The van der Waals surface area contributed by atoms with E-state index in [2.05, 4.69) is 26.3 Å². The smallest absolute Gasteiger partial charge is 0.255 e. The van der Waals surface area contributed by atoms with Gasteiger partial charge >= 0.3 is 0 Å². The number of aromatic nitrogens is 2. The molecule has 1 amide bonds. The second-order valence-corrected chi connectivity index (χ2v) is 6.45. The van der Waals surface area contributed by atoms with Gasteiger partial charge in [0.25, 0.3) is 5.91 Å². The van der Waals surface area contributed by atoms with E-state index in [4.69, 9.17) is 0 Å². The third-order valence-corrected chi connectivity index (χ3v) is 4.16. The summed E-state index contributed by atoms with van der Waals surface area (Å²) in [4.78, 5) is 13.2. The second kappa shape index (κ2) is 5.67. The average Bonchev–Trinajstić information content (AvgIpc) is 2.92. The lowest BCUT2D eigenvalue weighted by atomic mass is 10.2. The van der Waals surface area contributed by atoms with Gasteiger partial charge in [-0.25, -0.2) is 0 Å². The molecule has 6 heteroatoms. The number of hydrogen-bond acceptors (Lipinski definition) is 3. The minimum Gasteiger partial charge on any atom is -0.347 e. The van der Waals surface area contributed by atoms with E-state index >= 15 is 0 Å². The van der Waals surface area contributed by atoms with E-state index in [-0.39, 0.29) is 5.91 Å². The van der Waals surface area contributed by atoms with Gasteiger partial charge in [-0.3, -0.25) is 9.48 Å². The van der Waals surface area contributed by atoms with Crippen molar-refractivity contribution in [2.45, 2.75) is 19.9 Å². The average molecular weight is 328 g/mol. The summed E-state index contributed by atoms with van der Waals surface area (Å²) >= 11 is 5.02. The van der Waals surface area contributed by atoms with E-state index in [1.165, 1.54) is 0 Å². The lowest BCUT2D eigenvalue weighted by molar-refractivity contribution is 0.0950. The van der Waals surface area contributed by atoms with Crippen molar-refractivity contribution >= 4 is 33.2 Å². The molecule has 1 N–H and O–H groups in total. The molecule has 96 valence electrons. The molecule has 0 radical (unpaired) electrons. The highest BCUT2D eigenvalue weighted by molar-refractivity contribution is 9.11. The molecule has 2 heterocycles. The summed E-state index contributed by atoms with van der Waals surface area (Å²) in [6.07, 6.45) is 2.52. The first-order chi connectivity index (χ1) is 8.60. The standard InChI is InChI=1S/C12H14BrN3OS/c1-3-10-9(7-16(2)15-10)12(17)14-6-8-4-5-11(13)18-8/h4-5,7H,3,6H2,1-2H3,(H,14,17). The number of carbonyl (C=O) groups excluding carboxylic acids is 1. The molecule has 18 heavy (non-hydrogen) atoms. The SMILES string of the molecule is CCc1nn(C)cc1C(=O)NCc1ccc(Br)s1. The van der Waals surface area contributed by atoms with Crippen LogP contribution in [0.25, 0.3) is 0 Å². The number of halogens is 1. The summed E-state index contributed by atoms with van der Waals surface area (Å²) in [7, 11) is 1.83. The summed E-state index contributed by atoms with van der Waals surface area (Å²) in [5.74, 6) is -0.0653. The van der Waals surface area contributed by atoms with Gasteiger partial charge in [0.2, 0.25) is 0 Å². The molecule has 0 saturated heterocycles. The summed E-state index contributed by atoms with van der Waals surface area (Å²) in [6.45, 7) is 2.54. The highest BCUT2D eigenvalue weighted by Crippen LogP contribution is 2.21. The van der Waals surface area contributed by atoms with Crippen LogP contribution in [-0.2, 0) is 20.0 Å². The van der Waals surface area contributed by atoms with Crippen LogP contribution < -0.4 is 5.32 Å². The van der Waals surface area contributed by atoms with Gasteiger partial charge in [-0.05, 0) is 34.5 Å². The Morgan fingerprint density at radius 2 is 2.33 bits per heavy atom. The van der Waals surface area contributed by atoms with Crippen LogP contribution in [0.4, 0.5) is 0 Å². The van der Waals surface area contributed by atoms with Crippen molar-refractivity contribution in [2.24, 2.45) is 7.05 Å². The van der Waals surface area contributed by atoms with Crippen molar-refractivity contribution in [2.75, 3.05) is 0 Å². The second-order valence-electron chi connectivity index (χ2n) is 3.91. The number of rotatable bonds is 4. The van der Waals surface area contributed by atoms with Crippen molar-refractivity contribution in [1.29, 1.82) is 0 Å². The summed E-state index contributed by atoms with van der Waals surface area (Å²) < 4.78 is 2.75. The maximum atomic E-state index is 12.0. The third-order valence-electron chi connectivity index (χ3n) is 2.54. The quantitative estimate of drug-likeness (QED) is 0.938. The maximum Gasteiger partial charge on any atom is 0.255 e. The molecule has 0 saturated carbocycles. The minimum absolute atomic E-state index is 0.0653. The van der Waals surface area contributed by atoms with Crippen LogP contribution in [0.15, 0.2) is 22.1 Å². The topological polar surface area (TPSA) is 46.9 Å². The van der Waals surface area contributed by atoms with Gasteiger partial charge in [-0.1, -0.05) is 6.92 Å². The Morgan fingerprint density at radius 3 is 2.94 bits per heavy atom. The fourth-order valence-electron chi connectivity index (χ4n) is 1.69. The first kappa shape index (κ1) is 13.3. The van der Waals surface area contributed by atoms with Crippen LogP contribution in [0.2, 0.25) is 0 Å². The van der Waals surface area contributed by atoms with Crippen LogP contribution in [0.1, 0.15) is 27.9 Å². The zero-order chi connectivity index (χ0) is 13.1. The van der Waals surface area contributed by atoms with Gasteiger partial charge in [-0.2, -0.15) is 5.10 Å². The van der Waals surface area contributed by atoms with E-state index < -0.39 is 0 Å². The molecule has 2 aromatic heterocycles. The Labute approximate surface area is 118 Å². The van der Waals surface area contributed by atoms with E-state index in [0.717, 1.165) is 20.8 Å². The van der Waals surface area contributed by atoms with Gasteiger partial charge < -0.3 is 5.32 Å². The lowest BCUT2D eigenvalue weighted by Gasteiger charge is -2.02. The Kier molecular flexibility index (Phi) is 4.19. The summed E-state index contributed by atoms with van der Waals surface area (Å²) in [6, 6.07) is 3.98. The van der Waals surface area contributed by atoms with E-state index in [9.17, 15) is 4.79 Å². The normalized spacial score (nSPS) is 10.6. The Balaban J connectivity index is 2.03. The molecule has 0 aromatic carbocycles. The van der Waals surface area contributed by atoms with Crippen LogP contribution in [0.3, 0.4) is 0 Å². The highest BCUT2D eigenvalue weighted by Gasteiger charge is 2.14. The van der Waals surface area contributed by atoms with Gasteiger partial charge in [0.05, 0.1) is 21.6 Å². The number of carbonyl (C=O) groups is 1. The van der Waals surface area contributed by atoms with E-state index in [1.54, 1.807) is 22.2 Å². The minimum atomic E-state index is -0.0653. The van der Waals surface area contributed by atoms with Crippen molar-refractivity contribution in [3.05, 3.63) is 38.3 Å². The fraction of sp³-hybridized carbons (Fsp3) is 0.333. The molecule has 2 rings (SSSR count). The molecule has 0 unspecified atom stereocenters. The van der Waals surface area contributed by atoms with Gasteiger partial charge in [0.1, 0.15) is 0 Å². The predicted octanol–water partition coefficient (Wildman–Crippen LogP) is 2.74.